The van der Waals surface area contributed by atoms with Crippen LogP contribution in [-0.2, 0) is 17.9 Å². The summed E-state index contributed by atoms with van der Waals surface area (Å²) in [6.07, 6.45) is -1.68. The van der Waals surface area contributed by atoms with Crippen LogP contribution in [0.5, 0.6) is 0 Å². The normalized spacial score (nSPS) is 17.2. The lowest BCUT2D eigenvalue weighted by molar-refractivity contribution is -0.138. The maximum absolute atomic E-state index is 12.0. The van der Waals surface area contributed by atoms with Gasteiger partial charge in [0.2, 0.25) is 5.91 Å². The molecular formula is C14H23F3N6O. The van der Waals surface area contributed by atoms with Gasteiger partial charge in [-0.25, -0.2) is 4.68 Å². The first-order valence-electron chi connectivity index (χ1n) is 8.14. The number of aryl methyl sites for hydroxylation is 1. The number of carbonyl (C=O) groups is 1. The van der Waals surface area contributed by atoms with E-state index in [9.17, 15) is 18.0 Å². The van der Waals surface area contributed by atoms with Gasteiger partial charge < -0.3 is 5.32 Å². The minimum Gasteiger partial charge on any atom is -0.347 e. The molecule has 2 heterocycles. The maximum Gasteiger partial charge on any atom is 0.405 e. The Kier molecular flexibility index (Phi) is 6.52. The molecule has 0 saturated carbocycles. The molecule has 1 aromatic rings. The first-order valence-corrected chi connectivity index (χ1v) is 8.14. The first-order chi connectivity index (χ1) is 11.3. The molecule has 1 aromatic heterocycles. The fourth-order valence-corrected chi connectivity index (χ4v) is 2.61. The number of carbonyl (C=O) groups excluding carboxylic acids is 1. The third kappa shape index (κ3) is 6.42. The van der Waals surface area contributed by atoms with E-state index >= 15 is 0 Å². The summed E-state index contributed by atoms with van der Waals surface area (Å²) in [5.41, 5.74) is 0. The zero-order valence-corrected chi connectivity index (χ0v) is 13.7. The van der Waals surface area contributed by atoms with Crippen LogP contribution in [0.3, 0.4) is 0 Å². The van der Waals surface area contributed by atoms with Gasteiger partial charge in [0.05, 0.1) is 6.54 Å². The van der Waals surface area contributed by atoms with Gasteiger partial charge in [0, 0.05) is 13.0 Å². The van der Waals surface area contributed by atoms with Crippen molar-refractivity contribution in [2.75, 3.05) is 19.6 Å². The highest BCUT2D eigenvalue weighted by molar-refractivity contribution is 5.75. The van der Waals surface area contributed by atoms with Crippen molar-refractivity contribution in [3.05, 3.63) is 5.82 Å². The smallest absolute Gasteiger partial charge is 0.347 e. The average molecular weight is 348 g/mol. The minimum atomic E-state index is -4.38. The number of halogens is 3. The molecule has 0 unspecified atom stereocenters. The van der Waals surface area contributed by atoms with Crippen LogP contribution in [0, 0.1) is 5.92 Å². The summed E-state index contributed by atoms with van der Waals surface area (Å²) in [5, 5.41) is 13.4. The number of piperidine rings is 1. The van der Waals surface area contributed by atoms with Crippen LogP contribution < -0.4 is 5.32 Å². The lowest BCUT2D eigenvalue weighted by Crippen LogP contribution is -2.34. The molecule has 2 rings (SSSR count). The molecule has 10 heteroatoms. The highest BCUT2D eigenvalue weighted by Gasteiger charge is 2.27. The van der Waals surface area contributed by atoms with Crippen LogP contribution >= 0.6 is 0 Å². The molecule has 1 amide bonds. The van der Waals surface area contributed by atoms with E-state index in [1.54, 1.807) is 4.68 Å². The summed E-state index contributed by atoms with van der Waals surface area (Å²) < 4.78 is 37.7. The lowest BCUT2D eigenvalue weighted by Gasteiger charge is -2.29. The van der Waals surface area contributed by atoms with Crippen molar-refractivity contribution < 1.29 is 18.0 Å². The number of amides is 1. The van der Waals surface area contributed by atoms with E-state index < -0.39 is 18.6 Å². The van der Waals surface area contributed by atoms with Gasteiger partial charge in [0.15, 0.2) is 5.82 Å². The van der Waals surface area contributed by atoms with Gasteiger partial charge in [0.1, 0.15) is 6.54 Å². The number of alkyl halides is 3. The van der Waals surface area contributed by atoms with Crippen molar-refractivity contribution >= 4 is 5.91 Å². The summed E-state index contributed by atoms with van der Waals surface area (Å²) in [6.45, 7) is 4.02. The second-order valence-electron chi connectivity index (χ2n) is 6.27. The molecule has 1 saturated heterocycles. The van der Waals surface area contributed by atoms with Crippen LogP contribution in [-0.4, -0.2) is 56.8 Å². The number of hydrogen-bond donors (Lipinski definition) is 1. The third-order valence-electron chi connectivity index (χ3n) is 4.11. The Balaban J connectivity index is 1.72. The van der Waals surface area contributed by atoms with Crippen molar-refractivity contribution in [3.8, 4) is 0 Å². The van der Waals surface area contributed by atoms with E-state index in [1.807, 2.05) is 5.32 Å². The van der Waals surface area contributed by atoms with Gasteiger partial charge in [-0.2, -0.15) is 13.2 Å². The number of nitrogens with one attached hydrogen (secondary N) is 1. The number of likely N-dealkylation sites (tertiary alicyclic amines) is 1. The van der Waals surface area contributed by atoms with Crippen LogP contribution in [0.25, 0.3) is 0 Å². The molecule has 7 nitrogen and oxygen atoms in total. The summed E-state index contributed by atoms with van der Waals surface area (Å²) >= 11 is 0. The molecular weight excluding hydrogens is 325 g/mol. The fraction of sp³-hybridized carbons (Fsp3) is 0.857. The van der Waals surface area contributed by atoms with E-state index in [2.05, 4.69) is 27.3 Å². The number of aromatic nitrogens is 4. The molecule has 0 radical (unpaired) electrons. The van der Waals surface area contributed by atoms with Gasteiger partial charge in [-0.05, 0) is 48.7 Å². The molecule has 24 heavy (non-hydrogen) atoms. The molecule has 1 N–H and O–H groups in total. The Bertz CT molecular complexity index is 525. The zero-order valence-electron chi connectivity index (χ0n) is 13.7. The summed E-state index contributed by atoms with van der Waals surface area (Å²) in [4.78, 5) is 13.7. The van der Waals surface area contributed by atoms with Gasteiger partial charge in [0.25, 0.3) is 0 Å². The minimum absolute atomic E-state index is 0.0105. The predicted octanol–water partition coefficient (Wildman–Crippen LogP) is 1.36. The number of hydrogen-bond acceptors (Lipinski definition) is 5. The van der Waals surface area contributed by atoms with Gasteiger partial charge in [-0.15, -0.1) is 5.10 Å². The highest BCUT2D eigenvalue weighted by atomic mass is 19.4. The zero-order chi connectivity index (χ0) is 17.6. The molecule has 1 aliphatic rings. The summed E-state index contributed by atoms with van der Waals surface area (Å²) in [6, 6.07) is 0. The Hall–Kier alpha value is -1.71. The Morgan fingerprint density at radius 3 is 2.71 bits per heavy atom. The highest BCUT2D eigenvalue weighted by Crippen LogP contribution is 2.17. The van der Waals surface area contributed by atoms with Crippen molar-refractivity contribution in [2.45, 2.75) is 51.9 Å². The maximum atomic E-state index is 12.0. The van der Waals surface area contributed by atoms with Gasteiger partial charge in [-0.3, -0.25) is 9.69 Å². The van der Waals surface area contributed by atoms with Crippen LogP contribution in [0.15, 0.2) is 0 Å². The standard InChI is InChI=1S/C14H23F3N6O/c1-11-4-7-22(8-5-11)9-12-19-20-21-23(12)6-2-3-13(24)18-10-14(15,16)17/h11H,2-10H2,1H3,(H,18,24). The molecule has 0 bridgehead atoms. The quantitative estimate of drug-likeness (QED) is 0.805. The Labute approximate surface area is 138 Å². The van der Waals surface area contributed by atoms with Crippen molar-refractivity contribution in [2.24, 2.45) is 5.92 Å². The Morgan fingerprint density at radius 2 is 2.04 bits per heavy atom. The van der Waals surface area contributed by atoms with E-state index in [0.29, 0.717) is 19.5 Å². The molecule has 0 aliphatic carbocycles. The fourth-order valence-electron chi connectivity index (χ4n) is 2.61. The Morgan fingerprint density at radius 1 is 1.33 bits per heavy atom. The van der Waals surface area contributed by atoms with E-state index in [1.165, 1.54) is 0 Å². The second kappa shape index (κ2) is 8.41. The third-order valence-corrected chi connectivity index (χ3v) is 4.11. The van der Waals surface area contributed by atoms with Crippen LogP contribution in [0.4, 0.5) is 13.2 Å². The number of nitrogens with zero attached hydrogens (tertiary/aromatic N) is 5. The molecule has 0 aromatic carbocycles. The van der Waals surface area contributed by atoms with Crippen molar-refractivity contribution in [1.82, 2.24) is 30.4 Å². The van der Waals surface area contributed by atoms with Crippen molar-refractivity contribution in [1.29, 1.82) is 0 Å². The van der Waals surface area contributed by atoms with Crippen LogP contribution in [0.2, 0.25) is 0 Å². The number of tetrazole rings is 1. The van der Waals surface area contributed by atoms with Crippen LogP contribution in [0.1, 0.15) is 38.4 Å². The SMILES string of the molecule is CC1CCN(Cc2nnnn2CCCC(=O)NCC(F)(F)F)CC1. The lowest BCUT2D eigenvalue weighted by atomic mass is 9.99. The number of rotatable bonds is 7. The molecule has 0 atom stereocenters. The van der Waals surface area contributed by atoms with E-state index in [-0.39, 0.29) is 6.42 Å². The first kappa shape index (κ1) is 18.6. The second-order valence-corrected chi connectivity index (χ2v) is 6.27. The van der Waals surface area contributed by atoms with E-state index in [4.69, 9.17) is 0 Å². The molecule has 1 fully saturated rings. The topological polar surface area (TPSA) is 75.9 Å². The molecule has 1 aliphatic heterocycles. The summed E-state index contributed by atoms with van der Waals surface area (Å²) in [7, 11) is 0. The van der Waals surface area contributed by atoms with E-state index in [0.717, 1.165) is 37.7 Å². The molecule has 0 spiro atoms. The monoisotopic (exact) mass is 348 g/mol. The van der Waals surface area contributed by atoms with Gasteiger partial charge in [-0.1, -0.05) is 6.92 Å². The molecule has 136 valence electrons. The summed E-state index contributed by atoms with van der Waals surface area (Å²) in [5.74, 6) is 0.847. The van der Waals surface area contributed by atoms with Crippen molar-refractivity contribution in [3.63, 3.8) is 0 Å². The predicted molar refractivity (Wildman–Crippen MR) is 79.8 cm³/mol. The average Bonchev–Trinajstić information content (AvgIpc) is 2.94. The largest absolute Gasteiger partial charge is 0.405 e. The van der Waals surface area contributed by atoms with Gasteiger partial charge >= 0.3 is 6.18 Å².